The van der Waals surface area contributed by atoms with Crippen molar-refractivity contribution >= 4 is 5.91 Å². The standard InChI is InChI=1S/C47H89NO9/c1-3-5-7-9-11-13-15-17-18-19-20-21-22-24-26-28-30-32-34-36-41(51)46(55)48-39(38-56-47-45(54)44(53)43(52)42(37-49)57-47)40(50)35-33-31-29-27-25-23-16-14-12-10-8-6-4-2/h17-18,33,35,39-45,47,49-54H,3-16,19-32,34,36-38H2,1-2H3,(H,48,55)/b18-17-,35-33+/t39-,40+,41+,42+,43+,44-,45+,47+/m0/s1. The second-order valence-electron chi connectivity index (χ2n) is 16.7. The van der Waals surface area contributed by atoms with Gasteiger partial charge in [0.05, 0.1) is 25.4 Å². The van der Waals surface area contributed by atoms with Gasteiger partial charge in [0.2, 0.25) is 5.91 Å². The Morgan fingerprint density at radius 1 is 0.596 bits per heavy atom. The Morgan fingerprint density at radius 2 is 1.02 bits per heavy atom. The van der Waals surface area contributed by atoms with Crippen LogP contribution in [-0.2, 0) is 14.3 Å². The van der Waals surface area contributed by atoms with E-state index < -0.39 is 61.5 Å². The zero-order chi connectivity index (χ0) is 41.8. The Balaban J connectivity index is 2.38. The molecule has 0 aromatic rings. The summed E-state index contributed by atoms with van der Waals surface area (Å²) in [5.74, 6) is -0.618. The fourth-order valence-electron chi connectivity index (χ4n) is 7.45. The van der Waals surface area contributed by atoms with Crippen LogP contribution in [0.5, 0.6) is 0 Å². The van der Waals surface area contributed by atoms with Crippen molar-refractivity contribution in [2.24, 2.45) is 0 Å². The van der Waals surface area contributed by atoms with Gasteiger partial charge < -0.3 is 45.4 Å². The topological polar surface area (TPSA) is 169 Å². The van der Waals surface area contributed by atoms with Crippen molar-refractivity contribution < 1.29 is 44.9 Å². The zero-order valence-electron chi connectivity index (χ0n) is 36.5. The van der Waals surface area contributed by atoms with E-state index >= 15 is 0 Å². The molecular weight excluding hydrogens is 723 g/mol. The average Bonchev–Trinajstić information content (AvgIpc) is 3.21. The van der Waals surface area contributed by atoms with Crippen molar-refractivity contribution in [1.82, 2.24) is 5.32 Å². The molecule has 1 aliphatic rings. The van der Waals surface area contributed by atoms with E-state index in [1.54, 1.807) is 6.08 Å². The molecule has 10 heteroatoms. The first-order valence-corrected chi connectivity index (χ1v) is 23.7. The molecule has 7 N–H and O–H groups in total. The van der Waals surface area contributed by atoms with Crippen molar-refractivity contribution in [2.75, 3.05) is 13.2 Å². The number of allylic oxidation sites excluding steroid dienone is 3. The molecule has 0 unspecified atom stereocenters. The van der Waals surface area contributed by atoms with Crippen LogP contribution in [0.15, 0.2) is 24.3 Å². The van der Waals surface area contributed by atoms with E-state index in [0.29, 0.717) is 12.8 Å². The quantitative estimate of drug-likeness (QED) is 0.0237. The molecule has 1 aliphatic heterocycles. The zero-order valence-corrected chi connectivity index (χ0v) is 36.5. The maximum absolute atomic E-state index is 13.0. The van der Waals surface area contributed by atoms with Gasteiger partial charge in [-0.25, -0.2) is 0 Å². The highest BCUT2D eigenvalue weighted by atomic mass is 16.7. The van der Waals surface area contributed by atoms with Gasteiger partial charge in [-0.2, -0.15) is 0 Å². The number of aliphatic hydroxyl groups is 6. The Bertz CT molecular complexity index is 963. The van der Waals surface area contributed by atoms with Gasteiger partial charge in [0.25, 0.3) is 0 Å². The summed E-state index contributed by atoms with van der Waals surface area (Å²) in [6, 6.07) is -0.978. The summed E-state index contributed by atoms with van der Waals surface area (Å²) in [6.45, 7) is 3.60. The molecule has 0 saturated carbocycles. The third-order valence-corrected chi connectivity index (χ3v) is 11.4. The summed E-state index contributed by atoms with van der Waals surface area (Å²) in [7, 11) is 0. The highest BCUT2D eigenvalue weighted by Crippen LogP contribution is 2.23. The predicted octanol–water partition coefficient (Wildman–Crippen LogP) is 8.86. The van der Waals surface area contributed by atoms with Gasteiger partial charge in [0.15, 0.2) is 6.29 Å². The molecule has 1 rings (SSSR count). The second kappa shape index (κ2) is 37.6. The Hall–Kier alpha value is -1.37. The minimum atomic E-state index is -1.61. The van der Waals surface area contributed by atoms with Crippen molar-refractivity contribution in [3.63, 3.8) is 0 Å². The van der Waals surface area contributed by atoms with Gasteiger partial charge in [-0.1, -0.05) is 186 Å². The first-order chi connectivity index (χ1) is 27.8. The number of carbonyl (C=O) groups is 1. The molecule has 0 aromatic heterocycles. The highest BCUT2D eigenvalue weighted by molar-refractivity contribution is 5.80. The number of unbranched alkanes of at least 4 members (excludes halogenated alkanes) is 26. The lowest BCUT2D eigenvalue weighted by atomic mass is 9.99. The molecule has 1 fully saturated rings. The minimum absolute atomic E-state index is 0.305. The van der Waals surface area contributed by atoms with Crippen LogP contribution in [0.2, 0.25) is 0 Å². The summed E-state index contributed by atoms with van der Waals surface area (Å²) in [5.41, 5.74) is 0. The first kappa shape index (κ1) is 53.6. The van der Waals surface area contributed by atoms with Crippen LogP contribution in [0.1, 0.15) is 206 Å². The molecule has 0 bridgehead atoms. The van der Waals surface area contributed by atoms with E-state index in [1.807, 2.05) is 6.08 Å². The van der Waals surface area contributed by atoms with Crippen molar-refractivity contribution in [2.45, 2.75) is 255 Å². The van der Waals surface area contributed by atoms with E-state index in [1.165, 1.54) is 141 Å². The van der Waals surface area contributed by atoms with Gasteiger partial charge in [0, 0.05) is 0 Å². The molecular formula is C47H89NO9. The molecule has 1 heterocycles. The van der Waals surface area contributed by atoms with E-state index in [0.717, 1.165) is 38.5 Å². The number of hydrogen-bond donors (Lipinski definition) is 7. The minimum Gasteiger partial charge on any atom is -0.394 e. The Labute approximate surface area is 348 Å². The fraction of sp³-hybridized carbons (Fsp3) is 0.894. The van der Waals surface area contributed by atoms with Gasteiger partial charge in [-0.15, -0.1) is 0 Å². The number of carbonyl (C=O) groups excluding carboxylic acids is 1. The lowest BCUT2D eigenvalue weighted by Crippen LogP contribution is -2.60. The van der Waals surface area contributed by atoms with Crippen LogP contribution in [0.4, 0.5) is 0 Å². The summed E-state index contributed by atoms with van der Waals surface area (Å²) >= 11 is 0. The highest BCUT2D eigenvalue weighted by Gasteiger charge is 2.44. The maximum atomic E-state index is 13.0. The second-order valence-corrected chi connectivity index (χ2v) is 16.7. The number of ether oxygens (including phenoxy) is 2. The predicted molar refractivity (Wildman–Crippen MR) is 232 cm³/mol. The van der Waals surface area contributed by atoms with Crippen molar-refractivity contribution in [3.05, 3.63) is 24.3 Å². The van der Waals surface area contributed by atoms with E-state index in [9.17, 15) is 35.4 Å². The van der Waals surface area contributed by atoms with Crippen molar-refractivity contribution in [1.29, 1.82) is 0 Å². The molecule has 0 radical (unpaired) electrons. The van der Waals surface area contributed by atoms with Crippen molar-refractivity contribution in [3.8, 4) is 0 Å². The Kier molecular flexibility index (Phi) is 35.4. The van der Waals surface area contributed by atoms with E-state index in [4.69, 9.17) is 9.47 Å². The van der Waals surface area contributed by atoms with Crippen LogP contribution in [0, 0.1) is 0 Å². The maximum Gasteiger partial charge on any atom is 0.249 e. The number of amides is 1. The summed E-state index contributed by atoms with van der Waals surface area (Å²) in [5, 5.41) is 64.6. The monoisotopic (exact) mass is 812 g/mol. The van der Waals surface area contributed by atoms with E-state index in [2.05, 4.69) is 31.3 Å². The molecule has 0 aromatic carbocycles. The summed E-state index contributed by atoms with van der Waals surface area (Å²) < 4.78 is 11.1. The van der Waals surface area contributed by atoms with Gasteiger partial charge in [-0.3, -0.25) is 4.79 Å². The SMILES string of the molecule is CCCCCCCC/C=C\CCCCCCCCCCC[C@@H](O)C(=O)N[C@@H](CO[C@@H]1O[C@H](CO)[C@@H](O)[C@H](O)[C@H]1O)[C@H](O)/C=C/CCCCCCCCCCCCC. The van der Waals surface area contributed by atoms with Gasteiger partial charge >= 0.3 is 0 Å². The molecule has 0 spiro atoms. The largest absolute Gasteiger partial charge is 0.394 e. The normalized spacial score (nSPS) is 21.7. The lowest BCUT2D eigenvalue weighted by Gasteiger charge is -2.40. The van der Waals surface area contributed by atoms with Crippen LogP contribution >= 0.6 is 0 Å². The molecule has 57 heavy (non-hydrogen) atoms. The molecule has 0 aliphatic carbocycles. The van der Waals surface area contributed by atoms with Gasteiger partial charge in [0.1, 0.15) is 30.5 Å². The number of nitrogens with one attached hydrogen (secondary N) is 1. The first-order valence-electron chi connectivity index (χ1n) is 23.7. The number of hydrogen-bond acceptors (Lipinski definition) is 9. The fourth-order valence-corrected chi connectivity index (χ4v) is 7.45. The van der Waals surface area contributed by atoms with E-state index in [-0.39, 0.29) is 6.61 Å². The lowest BCUT2D eigenvalue weighted by molar-refractivity contribution is -0.302. The molecule has 336 valence electrons. The van der Waals surface area contributed by atoms with Crippen LogP contribution in [0.25, 0.3) is 0 Å². The third kappa shape index (κ3) is 27.9. The molecule has 1 saturated heterocycles. The number of rotatable bonds is 39. The number of aliphatic hydroxyl groups excluding tert-OH is 6. The smallest absolute Gasteiger partial charge is 0.249 e. The van der Waals surface area contributed by atoms with Crippen LogP contribution in [0.3, 0.4) is 0 Å². The van der Waals surface area contributed by atoms with Crippen LogP contribution < -0.4 is 5.32 Å². The molecule has 8 atom stereocenters. The summed E-state index contributed by atoms with van der Waals surface area (Å²) in [6.07, 6.45) is 34.0. The molecule has 1 amide bonds. The average molecular weight is 812 g/mol. The summed E-state index contributed by atoms with van der Waals surface area (Å²) in [4.78, 5) is 13.0. The van der Waals surface area contributed by atoms with Crippen LogP contribution in [-0.4, -0.2) is 98.7 Å². The van der Waals surface area contributed by atoms with Gasteiger partial charge in [-0.05, 0) is 44.9 Å². The third-order valence-electron chi connectivity index (χ3n) is 11.4. The Morgan fingerprint density at radius 3 is 1.47 bits per heavy atom. The molecule has 10 nitrogen and oxygen atoms in total.